The predicted molar refractivity (Wildman–Crippen MR) is 149 cm³/mol. The number of carboxylic acid groups (broad SMARTS) is 1. The van der Waals surface area contributed by atoms with Crippen molar-refractivity contribution in [1.29, 1.82) is 0 Å². The summed E-state index contributed by atoms with van der Waals surface area (Å²) in [4.78, 5) is 50.4. The van der Waals surface area contributed by atoms with Crippen LogP contribution in [0.15, 0.2) is 89.8 Å². The molecule has 38 heavy (non-hydrogen) atoms. The Morgan fingerprint density at radius 2 is 1.50 bits per heavy atom. The Morgan fingerprint density at radius 3 is 2.18 bits per heavy atom. The number of carboxylic acids is 1. The number of aromatic carboxylic acids is 1. The Balaban J connectivity index is 1.52. The van der Waals surface area contributed by atoms with Crippen LogP contribution in [0.1, 0.15) is 44.4 Å². The van der Waals surface area contributed by atoms with Crippen molar-refractivity contribution in [3.8, 4) is 0 Å². The smallest absolute Gasteiger partial charge is 0.336 e. The molecule has 9 heteroatoms. The average molecular weight is 528 g/mol. The first-order valence-corrected chi connectivity index (χ1v) is 12.7. The first-order valence-electron chi connectivity index (χ1n) is 11.8. The fraction of sp³-hybridized carbons (Fsp3) is 0.103. The van der Waals surface area contributed by atoms with Crippen molar-refractivity contribution in [3.63, 3.8) is 0 Å². The highest BCUT2D eigenvalue weighted by Gasteiger charge is 2.21. The van der Waals surface area contributed by atoms with Gasteiger partial charge in [-0.3, -0.25) is 14.4 Å². The number of primary amides is 1. The van der Waals surface area contributed by atoms with Crippen molar-refractivity contribution in [2.24, 2.45) is 5.73 Å². The van der Waals surface area contributed by atoms with Crippen LogP contribution in [-0.2, 0) is 4.79 Å². The lowest BCUT2D eigenvalue weighted by Gasteiger charge is -2.17. The van der Waals surface area contributed by atoms with Gasteiger partial charge in [0.1, 0.15) is 0 Å². The van der Waals surface area contributed by atoms with Crippen molar-refractivity contribution in [1.82, 2.24) is 0 Å². The Bertz CT molecular complexity index is 1550. The van der Waals surface area contributed by atoms with Gasteiger partial charge in [0, 0.05) is 21.5 Å². The van der Waals surface area contributed by atoms with Crippen LogP contribution in [0.25, 0.3) is 10.8 Å². The zero-order chi connectivity index (χ0) is 27.2. The molecule has 0 aromatic heterocycles. The van der Waals surface area contributed by atoms with E-state index in [0.29, 0.717) is 28.6 Å². The summed E-state index contributed by atoms with van der Waals surface area (Å²) in [5.74, 6) is -2.47. The molecule has 0 aliphatic rings. The lowest BCUT2D eigenvalue weighted by atomic mass is 9.98. The Morgan fingerprint density at radius 1 is 0.842 bits per heavy atom. The number of thioether (sulfide) groups is 1. The van der Waals surface area contributed by atoms with E-state index >= 15 is 0 Å². The average Bonchev–Trinajstić information content (AvgIpc) is 2.91. The molecule has 0 fully saturated rings. The third kappa shape index (κ3) is 5.84. The van der Waals surface area contributed by atoms with E-state index in [1.807, 2.05) is 13.0 Å². The molecule has 0 aliphatic heterocycles. The van der Waals surface area contributed by atoms with E-state index < -0.39 is 23.0 Å². The molecule has 4 aromatic rings. The number of nitrogens with two attached hydrogens (primary N) is 1. The molecule has 1 unspecified atom stereocenters. The summed E-state index contributed by atoms with van der Waals surface area (Å²) >= 11 is 1.32. The van der Waals surface area contributed by atoms with E-state index in [-0.39, 0.29) is 22.6 Å². The molecule has 0 spiro atoms. The van der Waals surface area contributed by atoms with E-state index in [4.69, 9.17) is 5.73 Å². The van der Waals surface area contributed by atoms with Crippen molar-refractivity contribution < 1.29 is 24.3 Å². The summed E-state index contributed by atoms with van der Waals surface area (Å²) < 4.78 is 0. The summed E-state index contributed by atoms with van der Waals surface area (Å²) in [5.41, 5.74) is 6.79. The molecule has 192 valence electrons. The van der Waals surface area contributed by atoms with Crippen LogP contribution in [0.2, 0.25) is 0 Å². The second kappa shape index (κ2) is 11.6. The minimum Gasteiger partial charge on any atom is -0.478 e. The normalized spacial score (nSPS) is 11.5. The lowest BCUT2D eigenvalue weighted by Crippen LogP contribution is -2.26. The van der Waals surface area contributed by atoms with Crippen LogP contribution in [0.5, 0.6) is 0 Å². The topological polar surface area (TPSA) is 139 Å². The van der Waals surface area contributed by atoms with Gasteiger partial charge in [-0.1, -0.05) is 49.4 Å². The van der Waals surface area contributed by atoms with Gasteiger partial charge < -0.3 is 21.5 Å². The van der Waals surface area contributed by atoms with E-state index in [1.54, 1.807) is 72.8 Å². The number of para-hydroxylation sites is 1. The van der Waals surface area contributed by atoms with Gasteiger partial charge in [-0.15, -0.1) is 11.8 Å². The Labute approximate surface area is 223 Å². The molecule has 0 heterocycles. The van der Waals surface area contributed by atoms with Gasteiger partial charge in [0.25, 0.3) is 11.8 Å². The number of benzene rings is 4. The maximum absolute atomic E-state index is 13.2. The number of anilines is 2. The second-order valence-corrected chi connectivity index (χ2v) is 9.69. The van der Waals surface area contributed by atoms with Gasteiger partial charge >= 0.3 is 5.97 Å². The van der Waals surface area contributed by atoms with Crippen LogP contribution in [0, 0.1) is 0 Å². The van der Waals surface area contributed by atoms with Crippen LogP contribution in [-0.4, -0.2) is 34.0 Å². The molecule has 0 saturated carbocycles. The van der Waals surface area contributed by atoms with E-state index in [2.05, 4.69) is 10.6 Å². The highest BCUT2D eigenvalue weighted by atomic mass is 32.2. The molecule has 4 aromatic carbocycles. The number of amides is 3. The molecular weight excluding hydrogens is 502 g/mol. The number of rotatable bonds is 9. The van der Waals surface area contributed by atoms with E-state index in [1.165, 1.54) is 17.8 Å². The highest BCUT2D eigenvalue weighted by molar-refractivity contribution is 8.00. The van der Waals surface area contributed by atoms with Gasteiger partial charge in [0.2, 0.25) is 5.91 Å². The van der Waals surface area contributed by atoms with E-state index in [9.17, 15) is 24.3 Å². The quantitative estimate of drug-likeness (QED) is 0.215. The van der Waals surface area contributed by atoms with Crippen LogP contribution in [0.3, 0.4) is 0 Å². The lowest BCUT2D eigenvalue weighted by molar-refractivity contribution is -0.115. The summed E-state index contributed by atoms with van der Waals surface area (Å²) in [7, 11) is 0. The zero-order valence-electron chi connectivity index (χ0n) is 20.4. The number of nitrogens with one attached hydrogen (secondary N) is 2. The summed E-state index contributed by atoms with van der Waals surface area (Å²) in [6, 6.07) is 23.5. The maximum atomic E-state index is 13.2. The molecular formula is C29H25N3O5S. The van der Waals surface area contributed by atoms with Crippen molar-refractivity contribution in [3.05, 3.63) is 102 Å². The van der Waals surface area contributed by atoms with Crippen molar-refractivity contribution >= 4 is 57.6 Å². The SMILES string of the molecule is CCC(Sc1cccc(NC(=O)c2cccc3cccc(C(=O)O)c23)c1)C(=O)Nc1ccccc1C(N)=O. The number of carbonyl (C=O) groups excluding carboxylic acids is 3. The standard InChI is InChI=1S/C29H25N3O5S/c1-2-24(28(35)32-23-15-4-3-12-20(23)26(30)33)38-19-11-7-10-18(16-19)31-27(34)21-13-5-8-17-9-6-14-22(25(17)21)29(36)37/h3-16,24H,2H2,1H3,(H2,30,33)(H,31,34)(H,32,35)(H,36,37). The van der Waals surface area contributed by atoms with Gasteiger partial charge in [-0.2, -0.15) is 0 Å². The van der Waals surface area contributed by atoms with Gasteiger partial charge in [-0.25, -0.2) is 4.79 Å². The monoisotopic (exact) mass is 527 g/mol. The summed E-state index contributed by atoms with van der Waals surface area (Å²) in [6.45, 7) is 1.88. The van der Waals surface area contributed by atoms with Crippen molar-refractivity contribution in [2.45, 2.75) is 23.5 Å². The molecule has 8 nitrogen and oxygen atoms in total. The number of fused-ring (bicyclic) bond motifs is 1. The molecule has 0 aliphatic carbocycles. The minimum atomic E-state index is -1.11. The summed E-state index contributed by atoms with van der Waals surface area (Å²) in [6.07, 6.45) is 0.514. The molecule has 0 saturated heterocycles. The number of hydrogen-bond acceptors (Lipinski definition) is 5. The van der Waals surface area contributed by atoms with Crippen LogP contribution in [0.4, 0.5) is 11.4 Å². The molecule has 0 bridgehead atoms. The fourth-order valence-electron chi connectivity index (χ4n) is 4.06. The fourth-order valence-corrected chi connectivity index (χ4v) is 5.07. The molecule has 4 rings (SSSR count). The van der Waals surface area contributed by atoms with Gasteiger partial charge in [0.05, 0.1) is 22.1 Å². The Hall–Kier alpha value is -4.63. The molecule has 0 radical (unpaired) electrons. The third-order valence-corrected chi connectivity index (χ3v) is 7.22. The molecule has 1 atom stereocenters. The van der Waals surface area contributed by atoms with Gasteiger partial charge in [0.15, 0.2) is 0 Å². The first-order chi connectivity index (χ1) is 18.3. The van der Waals surface area contributed by atoms with Crippen LogP contribution >= 0.6 is 11.8 Å². The zero-order valence-corrected chi connectivity index (χ0v) is 21.2. The van der Waals surface area contributed by atoms with Gasteiger partial charge in [-0.05, 0) is 54.3 Å². The number of hydrogen-bond donors (Lipinski definition) is 4. The van der Waals surface area contributed by atoms with Crippen molar-refractivity contribution in [2.75, 3.05) is 10.6 Å². The number of carbonyl (C=O) groups is 4. The third-order valence-electron chi connectivity index (χ3n) is 5.86. The molecule has 5 N–H and O–H groups in total. The van der Waals surface area contributed by atoms with E-state index in [0.717, 1.165) is 4.90 Å². The second-order valence-electron chi connectivity index (χ2n) is 8.41. The first kappa shape index (κ1) is 26.4. The Kier molecular flexibility index (Phi) is 8.08. The molecule has 3 amide bonds. The highest BCUT2D eigenvalue weighted by Crippen LogP contribution is 2.30. The minimum absolute atomic E-state index is 0.0484. The largest absolute Gasteiger partial charge is 0.478 e. The maximum Gasteiger partial charge on any atom is 0.336 e. The predicted octanol–water partition coefficient (Wildman–Crippen LogP) is 5.40. The van der Waals surface area contributed by atoms with Crippen LogP contribution < -0.4 is 16.4 Å². The summed E-state index contributed by atoms with van der Waals surface area (Å²) in [5, 5.41) is 15.8.